The van der Waals surface area contributed by atoms with Crippen LogP contribution in [0.1, 0.15) is 65.2 Å². The van der Waals surface area contributed by atoms with Crippen molar-refractivity contribution in [1.82, 2.24) is 15.1 Å². The molecular weight excluding hydrogens is 466 g/mol. The molecule has 1 heterocycles. The zero-order valence-electron chi connectivity index (χ0n) is 23.4. The van der Waals surface area contributed by atoms with Crippen LogP contribution in [0.5, 0.6) is 5.75 Å². The largest absolute Gasteiger partial charge is 0.489 e. The van der Waals surface area contributed by atoms with Gasteiger partial charge >= 0.3 is 6.09 Å². The first-order valence-electron chi connectivity index (χ1n) is 13.2. The molecule has 202 valence electrons. The maximum Gasteiger partial charge on any atom is 0.408 e. The minimum atomic E-state index is -1.37. The van der Waals surface area contributed by atoms with Crippen molar-refractivity contribution in [1.29, 1.82) is 0 Å². The highest BCUT2D eigenvalue weighted by Gasteiger charge is 2.58. The fourth-order valence-corrected chi connectivity index (χ4v) is 5.68. The Kier molecular flexibility index (Phi) is 8.90. The molecule has 0 radical (unpaired) electrons. The fraction of sp³-hybridized carbons (Fsp3) is 0.533. The van der Waals surface area contributed by atoms with Gasteiger partial charge in [0.2, 0.25) is 0 Å². The van der Waals surface area contributed by atoms with Gasteiger partial charge in [0.1, 0.15) is 12.4 Å². The first-order valence-corrected chi connectivity index (χ1v) is 13.2. The Balaban J connectivity index is 1.95. The van der Waals surface area contributed by atoms with Crippen LogP contribution in [0.15, 0.2) is 48.5 Å². The van der Waals surface area contributed by atoms with E-state index in [-0.39, 0.29) is 12.5 Å². The number of carbonyl (C=O) groups is 2. The monoisotopic (exact) mass is 509 g/mol. The Morgan fingerprint density at radius 2 is 1.73 bits per heavy atom. The van der Waals surface area contributed by atoms with Gasteiger partial charge in [-0.1, -0.05) is 57.2 Å². The molecule has 0 aromatic heterocycles. The number of hydrogen-bond acceptors (Lipinski definition) is 4. The molecule has 1 atom stereocenters. The summed E-state index contributed by atoms with van der Waals surface area (Å²) in [7, 11) is 0. The summed E-state index contributed by atoms with van der Waals surface area (Å²) >= 11 is 0. The third-order valence-corrected chi connectivity index (χ3v) is 7.35. The van der Waals surface area contributed by atoms with E-state index in [1.165, 1.54) is 4.90 Å². The molecule has 0 aliphatic carbocycles. The summed E-state index contributed by atoms with van der Waals surface area (Å²) in [5.41, 5.74) is 0.664. The number of carbonyl (C=O) groups excluding carboxylic acids is 1. The van der Waals surface area contributed by atoms with Gasteiger partial charge in [-0.2, -0.15) is 0 Å². The zero-order chi connectivity index (χ0) is 27.4. The van der Waals surface area contributed by atoms with E-state index in [0.29, 0.717) is 44.0 Å². The first kappa shape index (κ1) is 28.5. The molecule has 2 aromatic rings. The van der Waals surface area contributed by atoms with Crippen LogP contribution in [-0.2, 0) is 23.4 Å². The lowest BCUT2D eigenvalue weighted by atomic mass is 9.64. The lowest BCUT2D eigenvalue weighted by molar-refractivity contribution is -0.142. The zero-order valence-corrected chi connectivity index (χ0v) is 23.4. The third-order valence-electron chi connectivity index (χ3n) is 7.35. The van der Waals surface area contributed by atoms with E-state index in [9.17, 15) is 14.7 Å². The molecule has 0 spiro atoms. The highest BCUT2D eigenvalue weighted by Crippen LogP contribution is 2.49. The predicted molar refractivity (Wildman–Crippen MR) is 147 cm³/mol. The number of carboxylic acid groups (broad SMARTS) is 1. The predicted octanol–water partition coefficient (Wildman–Crippen LogP) is 5.28. The van der Waals surface area contributed by atoms with E-state index in [1.807, 2.05) is 69.3 Å². The van der Waals surface area contributed by atoms with Crippen LogP contribution in [-0.4, -0.2) is 58.6 Å². The van der Waals surface area contributed by atoms with E-state index in [1.54, 1.807) is 0 Å². The SMILES string of the molecule is CC(C)N(CCNC(=O)C1(C(C)(C)C)c2ccc(OCc3ccccc3)cc2CCN1C(=O)O)C(C)C. The molecule has 7 heteroatoms. The van der Waals surface area contributed by atoms with Crippen LogP contribution >= 0.6 is 0 Å². The number of benzene rings is 2. The topological polar surface area (TPSA) is 82.1 Å². The van der Waals surface area contributed by atoms with Gasteiger partial charge in [-0.05, 0) is 68.4 Å². The summed E-state index contributed by atoms with van der Waals surface area (Å²) < 4.78 is 6.05. The van der Waals surface area contributed by atoms with Gasteiger partial charge in [-0.3, -0.25) is 14.6 Å². The van der Waals surface area contributed by atoms with Crippen molar-refractivity contribution in [3.63, 3.8) is 0 Å². The summed E-state index contributed by atoms with van der Waals surface area (Å²) in [5, 5.41) is 13.4. The van der Waals surface area contributed by atoms with E-state index in [4.69, 9.17) is 4.74 Å². The Hall–Kier alpha value is -3.06. The number of fused-ring (bicyclic) bond motifs is 1. The van der Waals surface area contributed by atoms with E-state index in [2.05, 4.69) is 37.9 Å². The lowest BCUT2D eigenvalue weighted by Crippen LogP contribution is -2.67. The van der Waals surface area contributed by atoms with Crippen LogP contribution in [0.4, 0.5) is 4.79 Å². The summed E-state index contributed by atoms with van der Waals surface area (Å²) in [4.78, 5) is 30.3. The molecule has 3 rings (SSSR count). The average molecular weight is 510 g/mol. The molecule has 2 N–H and O–H groups in total. The molecular formula is C30H43N3O4. The molecule has 7 nitrogen and oxygen atoms in total. The van der Waals surface area contributed by atoms with Crippen LogP contribution in [0.3, 0.4) is 0 Å². The summed E-state index contributed by atoms with van der Waals surface area (Å²) in [6.45, 7) is 16.2. The third kappa shape index (κ3) is 5.93. The Morgan fingerprint density at radius 3 is 2.30 bits per heavy atom. The molecule has 0 fully saturated rings. The molecule has 2 aromatic carbocycles. The maximum absolute atomic E-state index is 14.1. The van der Waals surface area contributed by atoms with E-state index in [0.717, 1.165) is 16.7 Å². The summed E-state index contributed by atoms with van der Waals surface area (Å²) in [5.74, 6) is 0.424. The normalized spacial score (nSPS) is 17.7. The van der Waals surface area contributed by atoms with Crippen LogP contribution in [0.2, 0.25) is 0 Å². The highest BCUT2D eigenvalue weighted by atomic mass is 16.5. The number of nitrogens with zero attached hydrogens (tertiary/aromatic N) is 2. The van der Waals surface area contributed by atoms with Crippen molar-refractivity contribution in [3.8, 4) is 5.75 Å². The second-order valence-electron chi connectivity index (χ2n) is 11.4. The van der Waals surface area contributed by atoms with Crippen molar-refractivity contribution in [2.45, 2.75) is 79.1 Å². The quantitative estimate of drug-likeness (QED) is 0.481. The Morgan fingerprint density at radius 1 is 1.08 bits per heavy atom. The van der Waals surface area contributed by atoms with Crippen LogP contribution in [0, 0.1) is 5.41 Å². The summed E-state index contributed by atoms with van der Waals surface area (Å²) in [6, 6.07) is 16.3. The van der Waals surface area contributed by atoms with Crippen LogP contribution in [0.25, 0.3) is 0 Å². The van der Waals surface area contributed by atoms with Crippen molar-refractivity contribution >= 4 is 12.0 Å². The molecule has 2 amide bonds. The molecule has 1 aliphatic heterocycles. The molecule has 0 saturated heterocycles. The van der Waals surface area contributed by atoms with Crippen molar-refractivity contribution in [3.05, 3.63) is 65.2 Å². The van der Waals surface area contributed by atoms with E-state index >= 15 is 0 Å². The molecule has 37 heavy (non-hydrogen) atoms. The van der Waals surface area contributed by atoms with Gasteiger partial charge in [0, 0.05) is 31.7 Å². The number of nitrogens with one attached hydrogen (secondary N) is 1. The molecule has 0 saturated carbocycles. The molecule has 1 aliphatic rings. The van der Waals surface area contributed by atoms with Gasteiger partial charge in [-0.25, -0.2) is 4.79 Å². The van der Waals surface area contributed by atoms with E-state index < -0.39 is 17.0 Å². The fourth-order valence-electron chi connectivity index (χ4n) is 5.68. The maximum atomic E-state index is 14.1. The summed E-state index contributed by atoms with van der Waals surface area (Å²) in [6.07, 6.45) is -0.574. The first-order chi connectivity index (χ1) is 17.4. The minimum absolute atomic E-state index is 0.235. The van der Waals surface area contributed by atoms with Gasteiger partial charge in [0.15, 0.2) is 5.54 Å². The van der Waals surface area contributed by atoms with Gasteiger partial charge in [0.05, 0.1) is 0 Å². The minimum Gasteiger partial charge on any atom is -0.489 e. The van der Waals surface area contributed by atoms with Crippen molar-refractivity contribution in [2.24, 2.45) is 5.41 Å². The number of ether oxygens (including phenoxy) is 1. The number of rotatable bonds is 9. The Bertz CT molecular complexity index is 1070. The lowest BCUT2D eigenvalue weighted by Gasteiger charge is -2.52. The number of amides is 2. The Labute approximate surface area is 221 Å². The second kappa shape index (κ2) is 11.5. The van der Waals surface area contributed by atoms with Gasteiger partial charge < -0.3 is 15.2 Å². The van der Waals surface area contributed by atoms with Gasteiger partial charge in [0.25, 0.3) is 5.91 Å². The standard InChI is InChI=1S/C30H43N3O4/c1-21(2)32(22(3)4)18-16-31-27(34)30(29(5,6)7)26-14-13-25(37-20-23-11-9-8-10-12-23)19-24(26)15-17-33(30)28(35)36/h8-14,19,21-22H,15-18,20H2,1-7H3,(H,31,34)(H,35,36). The van der Waals surface area contributed by atoms with Gasteiger partial charge in [-0.15, -0.1) is 0 Å². The van der Waals surface area contributed by atoms with Crippen molar-refractivity contribution < 1.29 is 19.4 Å². The average Bonchev–Trinajstić information content (AvgIpc) is 2.83. The molecule has 0 bridgehead atoms. The number of hydrogen-bond donors (Lipinski definition) is 2. The van der Waals surface area contributed by atoms with Crippen molar-refractivity contribution in [2.75, 3.05) is 19.6 Å². The highest BCUT2D eigenvalue weighted by molar-refractivity contribution is 5.93. The van der Waals surface area contributed by atoms with Crippen LogP contribution < -0.4 is 10.1 Å². The second-order valence-corrected chi connectivity index (χ2v) is 11.4. The smallest absolute Gasteiger partial charge is 0.408 e. The molecule has 1 unspecified atom stereocenters.